The Labute approximate surface area is 125 Å². The molecule has 6 nitrogen and oxygen atoms in total. The zero-order valence-electron chi connectivity index (χ0n) is 11.2. The van der Waals surface area contributed by atoms with Crippen molar-refractivity contribution in [1.82, 2.24) is 15.4 Å². The molecule has 3 N–H and O–H groups in total. The molecule has 0 aromatic carbocycles. The first-order valence-electron chi connectivity index (χ1n) is 6.58. The van der Waals surface area contributed by atoms with Crippen LogP contribution in [0.1, 0.15) is 32.0 Å². The van der Waals surface area contributed by atoms with Gasteiger partial charge >= 0.3 is 0 Å². The van der Waals surface area contributed by atoms with Crippen molar-refractivity contribution >= 4 is 17.2 Å². The van der Waals surface area contributed by atoms with Gasteiger partial charge in [0.1, 0.15) is 5.69 Å². The maximum atomic E-state index is 12.4. The molecule has 3 rings (SSSR count). The predicted octanol–water partition coefficient (Wildman–Crippen LogP) is 1.31. The third-order valence-electron chi connectivity index (χ3n) is 3.45. The van der Waals surface area contributed by atoms with Crippen LogP contribution < -0.4 is 5.48 Å². The van der Waals surface area contributed by atoms with Gasteiger partial charge in [-0.15, -0.1) is 11.3 Å². The van der Waals surface area contributed by atoms with Gasteiger partial charge < -0.3 is 15.2 Å². The summed E-state index contributed by atoms with van der Waals surface area (Å²) in [6.07, 6.45) is 1.27. The summed E-state index contributed by atoms with van der Waals surface area (Å²) in [5.74, 6) is -0.0881. The number of aliphatic hydroxyl groups excluding tert-OH is 1. The molecule has 110 valence electrons. The molecule has 0 spiro atoms. The molecule has 2 aromatic heterocycles. The van der Waals surface area contributed by atoms with E-state index in [9.17, 15) is 9.90 Å². The summed E-state index contributed by atoms with van der Waals surface area (Å²) in [5, 5.41) is 18.4. The smallest absolute Gasteiger partial charge is 0.272 e. The fourth-order valence-electron chi connectivity index (χ4n) is 2.38. The highest BCUT2D eigenvalue weighted by Gasteiger charge is 2.25. The number of rotatable bonds is 3. The minimum absolute atomic E-state index is 0.0881. The van der Waals surface area contributed by atoms with Crippen molar-refractivity contribution < 1.29 is 15.1 Å². The summed E-state index contributed by atoms with van der Waals surface area (Å²) in [4.78, 5) is 20.0. The zero-order valence-corrected chi connectivity index (χ0v) is 12.0. The Hall–Kier alpha value is -1.80. The standard InChI is InChI=1S/C14H15N3O3S/c18-13(16-20)12-7-9-8-17(6-4-11(9)21-12)14(19)10-3-1-2-5-15-10/h1-3,5,7,13,16,18,20H,4,6,8H2. The van der Waals surface area contributed by atoms with E-state index in [1.165, 1.54) is 11.3 Å². The van der Waals surface area contributed by atoms with Gasteiger partial charge in [-0.1, -0.05) is 6.07 Å². The van der Waals surface area contributed by atoms with Crippen LogP contribution in [-0.2, 0) is 13.0 Å². The third kappa shape index (κ3) is 2.81. The lowest BCUT2D eigenvalue weighted by Crippen LogP contribution is -2.35. The minimum atomic E-state index is -1.08. The molecule has 0 aliphatic carbocycles. The Kier molecular flexibility index (Phi) is 3.98. The highest BCUT2D eigenvalue weighted by atomic mass is 32.1. The van der Waals surface area contributed by atoms with E-state index in [1.54, 1.807) is 29.3 Å². The normalized spacial score (nSPS) is 15.6. The number of hydroxylamine groups is 1. The largest absolute Gasteiger partial charge is 0.371 e. The summed E-state index contributed by atoms with van der Waals surface area (Å²) in [6.45, 7) is 1.13. The van der Waals surface area contributed by atoms with Crippen molar-refractivity contribution in [2.24, 2.45) is 0 Å². The van der Waals surface area contributed by atoms with Gasteiger partial charge in [-0.2, -0.15) is 5.48 Å². The monoisotopic (exact) mass is 305 g/mol. The predicted molar refractivity (Wildman–Crippen MR) is 76.9 cm³/mol. The average Bonchev–Trinajstić information content (AvgIpc) is 2.97. The number of fused-ring (bicyclic) bond motifs is 1. The van der Waals surface area contributed by atoms with Gasteiger partial charge in [-0.3, -0.25) is 9.78 Å². The summed E-state index contributed by atoms with van der Waals surface area (Å²) in [7, 11) is 0. The second kappa shape index (κ2) is 5.90. The number of carbonyl (C=O) groups excluding carboxylic acids is 1. The average molecular weight is 305 g/mol. The van der Waals surface area contributed by atoms with Crippen LogP contribution in [0.3, 0.4) is 0 Å². The maximum Gasteiger partial charge on any atom is 0.272 e. The Bertz CT molecular complexity index is 644. The molecule has 0 saturated carbocycles. The highest BCUT2D eigenvalue weighted by molar-refractivity contribution is 7.12. The van der Waals surface area contributed by atoms with Gasteiger partial charge in [0.2, 0.25) is 0 Å². The third-order valence-corrected chi connectivity index (χ3v) is 4.74. The van der Waals surface area contributed by atoms with Crippen molar-refractivity contribution in [2.45, 2.75) is 19.2 Å². The van der Waals surface area contributed by atoms with Crippen LogP contribution in [0.5, 0.6) is 0 Å². The van der Waals surface area contributed by atoms with Gasteiger partial charge in [-0.25, -0.2) is 0 Å². The van der Waals surface area contributed by atoms with Crippen molar-refractivity contribution in [3.8, 4) is 0 Å². The van der Waals surface area contributed by atoms with E-state index in [-0.39, 0.29) is 5.91 Å². The molecule has 7 heteroatoms. The highest BCUT2D eigenvalue weighted by Crippen LogP contribution is 2.31. The van der Waals surface area contributed by atoms with Gasteiger partial charge in [0, 0.05) is 24.2 Å². The molecule has 21 heavy (non-hydrogen) atoms. The van der Waals surface area contributed by atoms with E-state index in [0.717, 1.165) is 16.9 Å². The van der Waals surface area contributed by atoms with E-state index in [2.05, 4.69) is 4.98 Å². The maximum absolute atomic E-state index is 12.4. The van der Waals surface area contributed by atoms with E-state index in [1.807, 2.05) is 11.5 Å². The number of pyridine rings is 1. The molecule has 0 fully saturated rings. The van der Waals surface area contributed by atoms with Crippen LogP contribution in [0.2, 0.25) is 0 Å². The lowest BCUT2D eigenvalue weighted by molar-refractivity contribution is 0.00286. The van der Waals surface area contributed by atoms with Crippen molar-refractivity contribution in [1.29, 1.82) is 0 Å². The van der Waals surface area contributed by atoms with Gasteiger partial charge in [0.05, 0.1) is 4.88 Å². The first-order valence-corrected chi connectivity index (χ1v) is 7.40. The number of hydrogen-bond acceptors (Lipinski definition) is 6. The van der Waals surface area contributed by atoms with E-state index in [0.29, 0.717) is 23.7 Å². The number of amides is 1. The summed E-state index contributed by atoms with van der Waals surface area (Å²) < 4.78 is 0. The molecule has 2 aromatic rings. The molecule has 3 heterocycles. The van der Waals surface area contributed by atoms with Crippen molar-refractivity contribution in [2.75, 3.05) is 6.54 Å². The number of carbonyl (C=O) groups is 1. The summed E-state index contributed by atoms with van der Waals surface area (Å²) in [6, 6.07) is 7.10. The van der Waals surface area contributed by atoms with E-state index < -0.39 is 6.23 Å². The molecule has 1 amide bonds. The SMILES string of the molecule is O=C(c1ccccn1)N1CCc2sc(C(O)NO)cc2C1. The Morgan fingerprint density at radius 2 is 2.33 bits per heavy atom. The number of nitrogens with zero attached hydrogens (tertiary/aromatic N) is 2. The van der Waals surface area contributed by atoms with E-state index >= 15 is 0 Å². The Morgan fingerprint density at radius 1 is 1.48 bits per heavy atom. The van der Waals surface area contributed by atoms with Crippen LogP contribution in [0, 0.1) is 0 Å². The van der Waals surface area contributed by atoms with Crippen LogP contribution in [0.15, 0.2) is 30.5 Å². The molecule has 1 atom stereocenters. The van der Waals surface area contributed by atoms with Gasteiger partial charge in [0.15, 0.2) is 6.23 Å². The number of aliphatic hydroxyl groups is 1. The number of nitrogens with one attached hydrogen (secondary N) is 1. The molecule has 1 aliphatic heterocycles. The van der Waals surface area contributed by atoms with Gasteiger partial charge in [0.25, 0.3) is 5.91 Å². The number of hydrogen-bond donors (Lipinski definition) is 3. The fraction of sp³-hybridized carbons (Fsp3) is 0.286. The molecular weight excluding hydrogens is 290 g/mol. The molecular formula is C14H15N3O3S. The summed E-state index contributed by atoms with van der Waals surface area (Å²) >= 11 is 1.45. The zero-order chi connectivity index (χ0) is 14.8. The fourth-order valence-corrected chi connectivity index (χ4v) is 3.48. The van der Waals surface area contributed by atoms with Crippen molar-refractivity contribution in [3.05, 3.63) is 51.5 Å². The van der Waals surface area contributed by atoms with Gasteiger partial charge in [-0.05, 0) is 30.2 Å². The van der Waals surface area contributed by atoms with Crippen LogP contribution in [-0.4, -0.2) is 32.6 Å². The second-order valence-corrected chi connectivity index (χ2v) is 5.99. The first-order chi connectivity index (χ1) is 10.2. The second-order valence-electron chi connectivity index (χ2n) is 4.82. The number of thiophene rings is 1. The molecule has 0 bridgehead atoms. The van der Waals surface area contributed by atoms with Crippen molar-refractivity contribution in [3.63, 3.8) is 0 Å². The Balaban J connectivity index is 1.78. The molecule has 1 unspecified atom stereocenters. The lowest BCUT2D eigenvalue weighted by Gasteiger charge is -2.26. The molecule has 0 radical (unpaired) electrons. The Morgan fingerprint density at radius 3 is 3.05 bits per heavy atom. The topological polar surface area (TPSA) is 85.7 Å². The van der Waals surface area contributed by atoms with Crippen LogP contribution >= 0.6 is 11.3 Å². The number of aromatic nitrogens is 1. The van der Waals surface area contributed by atoms with Crippen LogP contribution in [0.25, 0.3) is 0 Å². The molecule has 1 aliphatic rings. The van der Waals surface area contributed by atoms with E-state index in [4.69, 9.17) is 5.21 Å². The lowest BCUT2D eigenvalue weighted by atomic mass is 10.1. The summed E-state index contributed by atoms with van der Waals surface area (Å²) in [5.41, 5.74) is 3.28. The van der Waals surface area contributed by atoms with Crippen LogP contribution in [0.4, 0.5) is 0 Å². The first kappa shape index (κ1) is 14.2. The quantitative estimate of drug-likeness (QED) is 0.588. The minimum Gasteiger partial charge on any atom is -0.371 e. The molecule has 0 saturated heterocycles.